The second kappa shape index (κ2) is 7.40. The standard InChI is InChI=1S/C16H18N2O4/c1-3-13-15(11(2)22-18-13)16(20)17-9-14(19)21-10-12-7-5-4-6-8-12/h4-8H,3,9-10H2,1-2H3,(H,17,20). The van der Waals surface area contributed by atoms with E-state index in [0.29, 0.717) is 23.4 Å². The van der Waals surface area contributed by atoms with Gasteiger partial charge in [-0.15, -0.1) is 0 Å². The van der Waals surface area contributed by atoms with E-state index in [4.69, 9.17) is 9.26 Å². The maximum atomic E-state index is 12.1. The fourth-order valence-electron chi connectivity index (χ4n) is 1.98. The number of aryl methyl sites for hydroxylation is 2. The first kappa shape index (κ1) is 15.8. The Hall–Kier alpha value is -2.63. The number of nitrogens with one attached hydrogen (secondary N) is 1. The lowest BCUT2D eigenvalue weighted by Gasteiger charge is -2.06. The van der Waals surface area contributed by atoms with Crippen molar-refractivity contribution in [3.05, 3.63) is 52.9 Å². The minimum absolute atomic E-state index is 0.183. The van der Waals surface area contributed by atoms with Crippen LogP contribution in [0.25, 0.3) is 0 Å². The van der Waals surface area contributed by atoms with Crippen LogP contribution in [0.1, 0.15) is 34.3 Å². The third-order valence-corrected chi connectivity index (χ3v) is 3.13. The van der Waals surface area contributed by atoms with Gasteiger partial charge in [0.05, 0.1) is 5.69 Å². The Morgan fingerprint density at radius 3 is 2.68 bits per heavy atom. The van der Waals surface area contributed by atoms with E-state index in [9.17, 15) is 9.59 Å². The summed E-state index contributed by atoms with van der Waals surface area (Å²) in [5.41, 5.74) is 1.86. The predicted molar refractivity (Wildman–Crippen MR) is 79.2 cm³/mol. The van der Waals surface area contributed by atoms with Crippen LogP contribution in [0.4, 0.5) is 0 Å². The van der Waals surface area contributed by atoms with Gasteiger partial charge in [-0.25, -0.2) is 0 Å². The van der Waals surface area contributed by atoms with Crippen LogP contribution in [0.5, 0.6) is 0 Å². The maximum absolute atomic E-state index is 12.1. The molecule has 0 aliphatic rings. The van der Waals surface area contributed by atoms with Crippen molar-refractivity contribution < 1.29 is 18.8 Å². The molecular formula is C16H18N2O4. The number of carbonyl (C=O) groups excluding carboxylic acids is 2. The van der Waals surface area contributed by atoms with Crippen LogP contribution in [-0.2, 0) is 22.6 Å². The van der Waals surface area contributed by atoms with Crippen LogP contribution in [-0.4, -0.2) is 23.6 Å². The highest BCUT2D eigenvalue weighted by Crippen LogP contribution is 2.13. The highest BCUT2D eigenvalue weighted by molar-refractivity contribution is 5.97. The molecule has 0 aliphatic carbocycles. The predicted octanol–water partition coefficient (Wildman–Crippen LogP) is 2.02. The summed E-state index contributed by atoms with van der Waals surface area (Å²) in [5.74, 6) is -0.441. The summed E-state index contributed by atoms with van der Waals surface area (Å²) in [7, 11) is 0. The second-order valence-corrected chi connectivity index (χ2v) is 4.74. The van der Waals surface area contributed by atoms with Crippen LogP contribution >= 0.6 is 0 Å². The average molecular weight is 302 g/mol. The van der Waals surface area contributed by atoms with E-state index in [-0.39, 0.29) is 19.1 Å². The molecule has 1 aromatic heterocycles. The molecule has 22 heavy (non-hydrogen) atoms. The Morgan fingerprint density at radius 2 is 2.00 bits per heavy atom. The number of ether oxygens (including phenoxy) is 1. The number of esters is 1. The van der Waals surface area contributed by atoms with Crippen molar-refractivity contribution in [3.8, 4) is 0 Å². The molecule has 0 bridgehead atoms. The van der Waals surface area contributed by atoms with E-state index in [2.05, 4.69) is 10.5 Å². The highest BCUT2D eigenvalue weighted by Gasteiger charge is 2.19. The monoisotopic (exact) mass is 302 g/mol. The lowest BCUT2D eigenvalue weighted by molar-refractivity contribution is -0.143. The second-order valence-electron chi connectivity index (χ2n) is 4.74. The molecule has 2 aromatic rings. The molecule has 0 unspecified atom stereocenters. The van der Waals surface area contributed by atoms with Crippen molar-refractivity contribution in [3.63, 3.8) is 0 Å². The van der Waals surface area contributed by atoms with Crippen molar-refractivity contribution in [1.82, 2.24) is 10.5 Å². The minimum atomic E-state index is -0.496. The van der Waals surface area contributed by atoms with Crippen LogP contribution in [0, 0.1) is 6.92 Å². The Kier molecular flexibility index (Phi) is 5.30. The van der Waals surface area contributed by atoms with Crippen LogP contribution < -0.4 is 5.32 Å². The molecule has 0 saturated heterocycles. The van der Waals surface area contributed by atoms with E-state index in [1.165, 1.54) is 0 Å². The zero-order valence-corrected chi connectivity index (χ0v) is 12.6. The normalized spacial score (nSPS) is 10.3. The van der Waals surface area contributed by atoms with Gasteiger partial charge < -0.3 is 14.6 Å². The number of nitrogens with zero attached hydrogens (tertiary/aromatic N) is 1. The topological polar surface area (TPSA) is 81.4 Å². The van der Waals surface area contributed by atoms with Gasteiger partial charge in [-0.3, -0.25) is 9.59 Å². The number of benzene rings is 1. The van der Waals surface area contributed by atoms with E-state index in [0.717, 1.165) is 5.56 Å². The molecule has 0 atom stereocenters. The molecule has 1 amide bonds. The van der Waals surface area contributed by atoms with Gasteiger partial charge in [-0.2, -0.15) is 0 Å². The quantitative estimate of drug-likeness (QED) is 0.826. The van der Waals surface area contributed by atoms with E-state index < -0.39 is 5.97 Å². The lowest BCUT2D eigenvalue weighted by atomic mass is 10.1. The summed E-state index contributed by atoms with van der Waals surface area (Å²) in [6.07, 6.45) is 0.582. The van der Waals surface area contributed by atoms with Crippen molar-refractivity contribution in [2.75, 3.05) is 6.54 Å². The molecule has 6 nitrogen and oxygen atoms in total. The SMILES string of the molecule is CCc1noc(C)c1C(=O)NCC(=O)OCc1ccccc1. The van der Waals surface area contributed by atoms with Gasteiger partial charge in [0.2, 0.25) is 0 Å². The molecule has 1 aromatic carbocycles. The maximum Gasteiger partial charge on any atom is 0.325 e. The molecule has 0 radical (unpaired) electrons. The number of hydrogen-bond acceptors (Lipinski definition) is 5. The molecule has 0 fully saturated rings. The van der Waals surface area contributed by atoms with Crippen molar-refractivity contribution in [1.29, 1.82) is 0 Å². The number of rotatable bonds is 6. The Labute approximate surface area is 128 Å². The summed E-state index contributed by atoms with van der Waals surface area (Å²) >= 11 is 0. The molecule has 6 heteroatoms. The lowest BCUT2D eigenvalue weighted by Crippen LogP contribution is -2.31. The summed E-state index contributed by atoms with van der Waals surface area (Å²) in [4.78, 5) is 23.7. The first-order valence-electron chi connectivity index (χ1n) is 7.04. The summed E-state index contributed by atoms with van der Waals surface area (Å²) in [6, 6.07) is 9.34. The zero-order valence-electron chi connectivity index (χ0n) is 12.6. The highest BCUT2D eigenvalue weighted by atomic mass is 16.5. The van der Waals surface area contributed by atoms with E-state index in [1.54, 1.807) is 6.92 Å². The van der Waals surface area contributed by atoms with E-state index in [1.807, 2.05) is 37.3 Å². The van der Waals surface area contributed by atoms with Gasteiger partial charge in [0.25, 0.3) is 5.91 Å². The van der Waals surface area contributed by atoms with Gasteiger partial charge in [-0.1, -0.05) is 42.4 Å². The zero-order chi connectivity index (χ0) is 15.9. The van der Waals surface area contributed by atoms with Gasteiger partial charge in [0, 0.05) is 0 Å². The van der Waals surface area contributed by atoms with Crippen LogP contribution in [0.2, 0.25) is 0 Å². The third-order valence-electron chi connectivity index (χ3n) is 3.13. The van der Waals surface area contributed by atoms with Gasteiger partial charge in [0.15, 0.2) is 0 Å². The summed E-state index contributed by atoms with van der Waals surface area (Å²) < 4.78 is 10.1. The van der Waals surface area contributed by atoms with Crippen molar-refractivity contribution >= 4 is 11.9 Å². The summed E-state index contributed by atoms with van der Waals surface area (Å²) in [5, 5.41) is 6.33. The first-order valence-corrected chi connectivity index (χ1v) is 7.04. The number of carbonyl (C=O) groups is 2. The van der Waals surface area contributed by atoms with Crippen molar-refractivity contribution in [2.45, 2.75) is 26.9 Å². The van der Waals surface area contributed by atoms with Gasteiger partial charge in [0.1, 0.15) is 24.5 Å². The van der Waals surface area contributed by atoms with Gasteiger partial charge in [-0.05, 0) is 18.9 Å². The molecule has 1 N–H and O–H groups in total. The Balaban J connectivity index is 1.83. The fourth-order valence-corrected chi connectivity index (χ4v) is 1.98. The van der Waals surface area contributed by atoms with Crippen LogP contribution in [0.3, 0.4) is 0 Å². The Morgan fingerprint density at radius 1 is 1.27 bits per heavy atom. The first-order chi connectivity index (χ1) is 10.6. The molecular weight excluding hydrogens is 284 g/mol. The van der Waals surface area contributed by atoms with E-state index >= 15 is 0 Å². The van der Waals surface area contributed by atoms with Crippen LogP contribution in [0.15, 0.2) is 34.9 Å². The smallest absolute Gasteiger partial charge is 0.325 e. The molecule has 2 rings (SSSR count). The fraction of sp³-hybridized carbons (Fsp3) is 0.312. The number of aromatic nitrogens is 1. The molecule has 116 valence electrons. The van der Waals surface area contributed by atoms with Crippen molar-refractivity contribution in [2.24, 2.45) is 0 Å². The number of hydrogen-bond donors (Lipinski definition) is 1. The molecule has 0 saturated carbocycles. The molecule has 0 spiro atoms. The average Bonchev–Trinajstić information content (AvgIpc) is 2.92. The molecule has 0 aliphatic heterocycles. The minimum Gasteiger partial charge on any atom is -0.460 e. The third kappa shape index (κ3) is 3.94. The van der Waals surface area contributed by atoms with Gasteiger partial charge >= 0.3 is 5.97 Å². The molecule has 1 heterocycles. The summed E-state index contributed by atoms with van der Waals surface area (Å²) in [6.45, 7) is 3.53. The largest absolute Gasteiger partial charge is 0.460 e. The number of amides is 1. The Bertz CT molecular complexity index is 649.